The van der Waals surface area contributed by atoms with Crippen LogP contribution in [0.25, 0.3) is 0 Å². The summed E-state index contributed by atoms with van der Waals surface area (Å²) in [5, 5.41) is 15.0. The maximum Gasteiger partial charge on any atom is 0.263 e. The van der Waals surface area contributed by atoms with E-state index in [9.17, 15) is 4.79 Å². The molecule has 0 bridgehead atoms. The Labute approximate surface area is 123 Å². The van der Waals surface area contributed by atoms with Crippen molar-refractivity contribution in [1.82, 2.24) is 5.32 Å². The quantitative estimate of drug-likeness (QED) is 0.646. The molecule has 0 unspecified atom stereocenters. The third kappa shape index (κ3) is 4.48. The average molecular weight is 294 g/mol. The zero-order valence-electron chi connectivity index (χ0n) is 11.5. The van der Waals surface area contributed by atoms with Crippen LogP contribution < -0.4 is 15.4 Å². The minimum absolute atomic E-state index is 0.0271. The Hall–Kier alpha value is -2.19. The smallest absolute Gasteiger partial charge is 0.263 e. The van der Waals surface area contributed by atoms with Gasteiger partial charge in [0.15, 0.2) is 0 Å². The number of halogens is 1. The molecule has 20 heavy (non-hydrogen) atoms. The van der Waals surface area contributed by atoms with E-state index in [1.54, 1.807) is 18.2 Å². The van der Waals surface area contributed by atoms with E-state index >= 15 is 0 Å². The van der Waals surface area contributed by atoms with Gasteiger partial charge in [-0.2, -0.15) is 5.26 Å². The Morgan fingerprint density at radius 1 is 1.50 bits per heavy atom. The van der Waals surface area contributed by atoms with E-state index in [2.05, 4.69) is 10.6 Å². The molecule has 1 amide bonds. The van der Waals surface area contributed by atoms with Crippen LogP contribution in [0.5, 0.6) is 5.75 Å². The van der Waals surface area contributed by atoms with Crippen LogP contribution in [0.15, 0.2) is 30.0 Å². The molecule has 5 nitrogen and oxygen atoms in total. The normalized spacial score (nSPS) is 10.9. The number of amides is 1. The summed E-state index contributed by atoms with van der Waals surface area (Å²) in [7, 11) is 1.52. The van der Waals surface area contributed by atoms with Gasteiger partial charge in [0, 0.05) is 17.3 Å². The maximum absolute atomic E-state index is 11.7. The number of carbonyl (C=O) groups is 1. The van der Waals surface area contributed by atoms with Gasteiger partial charge in [0.25, 0.3) is 5.91 Å². The highest BCUT2D eigenvalue weighted by Crippen LogP contribution is 2.27. The molecule has 1 aromatic rings. The molecule has 0 saturated carbocycles. The van der Waals surface area contributed by atoms with Crippen molar-refractivity contribution in [2.45, 2.75) is 19.9 Å². The first-order valence-electron chi connectivity index (χ1n) is 5.99. The van der Waals surface area contributed by atoms with Crippen LogP contribution >= 0.6 is 11.6 Å². The van der Waals surface area contributed by atoms with Crippen LogP contribution in [-0.4, -0.2) is 19.1 Å². The molecule has 1 rings (SSSR count). The van der Waals surface area contributed by atoms with Crippen molar-refractivity contribution in [3.63, 3.8) is 0 Å². The number of anilines is 1. The number of nitriles is 1. The fourth-order valence-corrected chi connectivity index (χ4v) is 1.60. The number of nitrogens with zero attached hydrogens (tertiary/aromatic N) is 1. The Balaban J connectivity index is 2.92. The van der Waals surface area contributed by atoms with E-state index in [0.717, 1.165) is 0 Å². The van der Waals surface area contributed by atoms with Crippen LogP contribution in [0.1, 0.15) is 13.8 Å². The molecule has 0 aliphatic carbocycles. The molecule has 0 heterocycles. The first-order chi connectivity index (χ1) is 9.47. The lowest BCUT2D eigenvalue weighted by molar-refractivity contribution is -0.117. The molecule has 0 aliphatic heterocycles. The first kappa shape index (κ1) is 15.9. The van der Waals surface area contributed by atoms with E-state index < -0.39 is 5.91 Å². The molecule has 0 aromatic heterocycles. The Morgan fingerprint density at radius 2 is 2.20 bits per heavy atom. The molecule has 0 fully saturated rings. The van der Waals surface area contributed by atoms with Gasteiger partial charge in [-0.05, 0) is 32.0 Å². The lowest BCUT2D eigenvalue weighted by Crippen LogP contribution is -2.31. The highest BCUT2D eigenvalue weighted by atomic mass is 35.5. The second kappa shape index (κ2) is 7.41. The second-order valence-electron chi connectivity index (χ2n) is 4.29. The molecule has 0 radical (unpaired) electrons. The highest BCUT2D eigenvalue weighted by Gasteiger charge is 2.10. The summed E-state index contributed by atoms with van der Waals surface area (Å²) in [6, 6.07) is 6.83. The number of hydrogen-bond acceptors (Lipinski definition) is 4. The number of carbonyl (C=O) groups excluding carboxylic acids is 1. The zero-order valence-corrected chi connectivity index (χ0v) is 12.3. The molecule has 6 heteroatoms. The van der Waals surface area contributed by atoms with Gasteiger partial charge in [-0.25, -0.2) is 0 Å². The molecule has 0 aliphatic rings. The summed E-state index contributed by atoms with van der Waals surface area (Å²) in [6.45, 7) is 3.64. The number of methoxy groups -OCH3 is 1. The summed E-state index contributed by atoms with van der Waals surface area (Å²) < 4.78 is 5.16. The van der Waals surface area contributed by atoms with Gasteiger partial charge in [0.1, 0.15) is 17.4 Å². The maximum atomic E-state index is 11.7. The average Bonchev–Trinajstić information content (AvgIpc) is 2.38. The predicted octanol–water partition coefficient (Wildman–Crippen LogP) is 2.69. The van der Waals surface area contributed by atoms with Crippen molar-refractivity contribution < 1.29 is 9.53 Å². The van der Waals surface area contributed by atoms with Crippen molar-refractivity contribution in [1.29, 1.82) is 5.26 Å². The van der Waals surface area contributed by atoms with Crippen molar-refractivity contribution in [3.05, 3.63) is 35.0 Å². The highest BCUT2D eigenvalue weighted by molar-refractivity contribution is 6.30. The third-order valence-corrected chi connectivity index (χ3v) is 2.55. The molecule has 0 spiro atoms. The van der Waals surface area contributed by atoms with Crippen LogP contribution in [0.2, 0.25) is 5.02 Å². The standard InChI is InChI=1S/C14H16ClN3O2/c1-9(2)18-14(19)10(7-16)8-17-12-6-11(15)4-5-13(12)20-3/h4-6,8-9,17H,1-3H3,(H,18,19)/b10-8-. The van der Waals surface area contributed by atoms with Gasteiger partial charge < -0.3 is 15.4 Å². The molecule has 1 aromatic carbocycles. The number of nitrogens with one attached hydrogen (secondary N) is 2. The van der Waals surface area contributed by atoms with E-state index in [-0.39, 0.29) is 11.6 Å². The Kier molecular flexibility index (Phi) is 5.88. The summed E-state index contributed by atoms with van der Waals surface area (Å²) in [5.74, 6) is 0.128. The van der Waals surface area contributed by atoms with Crippen molar-refractivity contribution in [2.24, 2.45) is 0 Å². The summed E-state index contributed by atoms with van der Waals surface area (Å²) in [4.78, 5) is 11.7. The molecular formula is C14H16ClN3O2. The molecular weight excluding hydrogens is 278 g/mol. The fraction of sp³-hybridized carbons (Fsp3) is 0.286. The van der Waals surface area contributed by atoms with Crippen LogP contribution in [0.4, 0.5) is 5.69 Å². The molecule has 0 saturated heterocycles. The van der Waals surface area contributed by atoms with E-state index in [0.29, 0.717) is 16.5 Å². The Morgan fingerprint density at radius 3 is 2.75 bits per heavy atom. The molecule has 0 atom stereocenters. The molecule has 2 N–H and O–H groups in total. The van der Waals surface area contributed by atoms with E-state index in [1.807, 2.05) is 19.9 Å². The third-order valence-electron chi connectivity index (χ3n) is 2.32. The van der Waals surface area contributed by atoms with Crippen molar-refractivity contribution in [3.8, 4) is 11.8 Å². The monoisotopic (exact) mass is 293 g/mol. The predicted molar refractivity (Wildman–Crippen MR) is 78.6 cm³/mol. The number of ether oxygens (including phenoxy) is 1. The number of benzene rings is 1. The summed E-state index contributed by atoms with van der Waals surface area (Å²) in [6.07, 6.45) is 1.33. The minimum atomic E-state index is -0.434. The number of rotatable bonds is 5. The summed E-state index contributed by atoms with van der Waals surface area (Å²) >= 11 is 5.89. The van der Waals surface area contributed by atoms with E-state index in [1.165, 1.54) is 13.3 Å². The van der Waals surface area contributed by atoms with Gasteiger partial charge in [0.2, 0.25) is 0 Å². The summed E-state index contributed by atoms with van der Waals surface area (Å²) in [5.41, 5.74) is 0.547. The SMILES string of the molecule is COc1ccc(Cl)cc1N/C=C(/C#N)C(=O)NC(C)C. The van der Waals surface area contributed by atoms with E-state index in [4.69, 9.17) is 21.6 Å². The second-order valence-corrected chi connectivity index (χ2v) is 4.72. The largest absolute Gasteiger partial charge is 0.495 e. The van der Waals surface area contributed by atoms with Crippen LogP contribution in [0.3, 0.4) is 0 Å². The zero-order chi connectivity index (χ0) is 15.1. The minimum Gasteiger partial charge on any atom is -0.495 e. The van der Waals surface area contributed by atoms with Gasteiger partial charge in [0.05, 0.1) is 12.8 Å². The lowest BCUT2D eigenvalue weighted by Gasteiger charge is -2.10. The van der Waals surface area contributed by atoms with Gasteiger partial charge in [-0.1, -0.05) is 11.6 Å². The first-order valence-corrected chi connectivity index (χ1v) is 6.37. The topological polar surface area (TPSA) is 74.1 Å². The van der Waals surface area contributed by atoms with Crippen molar-refractivity contribution >= 4 is 23.2 Å². The van der Waals surface area contributed by atoms with Gasteiger partial charge in [-0.15, -0.1) is 0 Å². The van der Waals surface area contributed by atoms with Gasteiger partial charge in [-0.3, -0.25) is 4.79 Å². The lowest BCUT2D eigenvalue weighted by atomic mass is 10.2. The van der Waals surface area contributed by atoms with Crippen LogP contribution in [0, 0.1) is 11.3 Å². The van der Waals surface area contributed by atoms with Crippen LogP contribution in [-0.2, 0) is 4.79 Å². The van der Waals surface area contributed by atoms with Gasteiger partial charge >= 0.3 is 0 Å². The fourth-order valence-electron chi connectivity index (χ4n) is 1.43. The number of hydrogen-bond donors (Lipinski definition) is 2. The molecule has 106 valence electrons. The van der Waals surface area contributed by atoms with Crippen molar-refractivity contribution in [2.75, 3.05) is 12.4 Å². The Bertz CT molecular complexity index is 562.